The van der Waals surface area contributed by atoms with Gasteiger partial charge in [0, 0.05) is 6.42 Å². The van der Waals surface area contributed by atoms with Crippen molar-refractivity contribution in [3.05, 3.63) is 0 Å². The maximum atomic E-state index is 11.9. The van der Waals surface area contributed by atoms with E-state index in [-0.39, 0.29) is 48.2 Å². The van der Waals surface area contributed by atoms with E-state index in [9.17, 15) is 24.9 Å². The summed E-state index contributed by atoms with van der Waals surface area (Å²) in [4.78, 5) is 23.2. The fraction of sp³-hybridized carbons (Fsp3) is 0.946. The summed E-state index contributed by atoms with van der Waals surface area (Å²) in [5.74, 6) is -0.398. The highest BCUT2D eigenvalue weighted by atomic mass is 16.6. The van der Waals surface area contributed by atoms with Crippen LogP contribution in [0.3, 0.4) is 0 Å². The molecule has 0 saturated carbocycles. The molecule has 0 aromatic carbocycles. The number of cyclic esters (lactones) is 1. The molecule has 0 radical (unpaired) electrons. The number of aliphatic hydroxyl groups is 3. The van der Waals surface area contributed by atoms with Gasteiger partial charge in [-0.05, 0) is 77.6 Å². The molecular formula is C37H66O8. The first-order valence-corrected chi connectivity index (χ1v) is 18.8. The van der Waals surface area contributed by atoms with Crippen LogP contribution in [0.15, 0.2) is 0 Å². The maximum Gasteiger partial charge on any atom is 0.309 e. The number of aliphatic hydroxyl groups excluding tert-OH is 3. The van der Waals surface area contributed by atoms with E-state index in [0.717, 1.165) is 89.9 Å². The molecule has 3 fully saturated rings. The van der Waals surface area contributed by atoms with E-state index < -0.39 is 18.3 Å². The van der Waals surface area contributed by atoms with Gasteiger partial charge in [-0.2, -0.15) is 0 Å². The average molecular weight is 639 g/mol. The molecule has 0 spiro atoms. The van der Waals surface area contributed by atoms with Crippen molar-refractivity contribution in [2.24, 2.45) is 5.92 Å². The molecule has 3 aliphatic heterocycles. The van der Waals surface area contributed by atoms with Crippen LogP contribution in [0, 0.1) is 5.92 Å². The van der Waals surface area contributed by atoms with Gasteiger partial charge in [0.1, 0.15) is 11.9 Å². The first-order chi connectivity index (χ1) is 21.8. The first-order valence-electron chi connectivity index (χ1n) is 18.8. The lowest BCUT2D eigenvalue weighted by atomic mass is 9.96. The molecular weight excluding hydrogens is 572 g/mol. The summed E-state index contributed by atoms with van der Waals surface area (Å²) < 4.78 is 17.7. The van der Waals surface area contributed by atoms with E-state index in [0.29, 0.717) is 25.7 Å². The summed E-state index contributed by atoms with van der Waals surface area (Å²) in [6.07, 6.45) is 21.5. The molecule has 3 N–H and O–H groups in total. The number of hydrogen-bond acceptors (Lipinski definition) is 8. The number of ketones is 1. The molecule has 0 amide bonds. The number of ether oxygens (including phenoxy) is 3. The summed E-state index contributed by atoms with van der Waals surface area (Å²) in [5.41, 5.74) is 0. The van der Waals surface area contributed by atoms with E-state index in [1.54, 1.807) is 0 Å². The normalized spacial score (nSPS) is 28.8. The summed E-state index contributed by atoms with van der Waals surface area (Å²) >= 11 is 0. The Morgan fingerprint density at radius 1 is 0.667 bits per heavy atom. The van der Waals surface area contributed by atoms with Crippen LogP contribution in [0.2, 0.25) is 0 Å². The second-order valence-electron chi connectivity index (χ2n) is 14.4. The molecule has 3 heterocycles. The smallest absolute Gasteiger partial charge is 0.309 e. The Balaban J connectivity index is 1.16. The lowest BCUT2D eigenvalue weighted by Gasteiger charge is -2.24. The van der Waals surface area contributed by atoms with E-state index in [2.05, 4.69) is 6.92 Å². The molecule has 3 aliphatic rings. The molecule has 0 aromatic rings. The molecule has 0 bridgehead atoms. The molecule has 8 heteroatoms. The number of carbonyl (C=O) groups excluding carboxylic acids is 2. The van der Waals surface area contributed by atoms with E-state index >= 15 is 0 Å². The first kappa shape index (κ1) is 38.4. The van der Waals surface area contributed by atoms with Crippen molar-refractivity contribution in [3.63, 3.8) is 0 Å². The highest BCUT2D eigenvalue weighted by molar-refractivity contribution is 5.83. The Labute approximate surface area is 273 Å². The van der Waals surface area contributed by atoms with Gasteiger partial charge in [-0.15, -0.1) is 0 Å². The van der Waals surface area contributed by atoms with Gasteiger partial charge < -0.3 is 34.3 Å². The lowest BCUT2D eigenvalue weighted by molar-refractivity contribution is -0.145. The minimum absolute atomic E-state index is 0.0249. The molecule has 45 heavy (non-hydrogen) atoms. The van der Waals surface area contributed by atoms with Crippen LogP contribution in [0.25, 0.3) is 0 Å². The molecule has 0 aliphatic carbocycles. The summed E-state index contributed by atoms with van der Waals surface area (Å²) in [6.45, 7) is 3.77. The Hall–Kier alpha value is -1.06. The van der Waals surface area contributed by atoms with Crippen LogP contribution in [0.5, 0.6) is 0 Å². The molecule has 0 aromatic heterocycles. The zero-order valence-corrected chi connectivity index (χ0v) is 28.5. The minimum atomic E-state index is -0.625. The number of esters is 1. The summed E-state index contributed by atoms with van der Waals surface area (Å²) in [6, 6.07) is 0. The number of unbranched alkanes of at least 4 members (excludes halogenated alkanes) is 11. The molecule has 3 saturated heterocycles. The number of Topliss-reactive ketones (excluding diaryl/α,β-unsaturated/α-hetero) is 1. The van der Waals surface area contributed by atoms with Crippen molar-refractivity contribution in [1.29, 1.82) is 0 Å². The van der Waals surface area contributed by atoms with Crippen molar-refractivity contribution >= 4 is 11.8 Å². The van der Waals surface area contributed by atoms with Gasteiger partial charge in [-0.3, -0.25) is 4.79 Å². The van der Waals surface area contributed by atoms with Crippen molar-refractivity contribution in [2.45, 2.75) is 217 Å². The van der Waals surface area contributed by atoms with Crippen LogP contribution in [0.1, 0.15) is 168 Å². The fourth-order valence-electron chi connectivity index (χ4n) is 7.56. The lowest BCUT2D eigenvalue weighted by Crippen LogP contribution is -2.33. The monoisotopic (exact) mass is 638 g/mol. The highest BCUT2D eigenvalue weighted by Crippen LogP contribution is 2.31. The van der Waals surface area contributed by atoms with Crippen molar-refractivity contribution in [2.75, 3.05) is 0 Å². The SMILES string of the molecule is CCCCCCCCCC[C@H](O)[C@H]1CC[C@H]([C@H](O)CC[C@H](O)[C@@H]2CC[C@H](CCCCCCC[C@@H]3C[C@@H](CC(C)=O)C(=O)O3)O2)O1. The third-order valence-electron chi connectivity index (χ3n) is 10.4. The number of rotatable bonds is 25. The number of hydrogen-bond donors (Lipinski definition) is 3. The third-order valence-corrected chi connectivity index (χ3v) is 10.4. The Morgan fingerprint density at radius 2 is 1.16 bits per heavy atom. The second-order valence-corrected chi connectivity index (χ2v) is 14.4. The summed E-state index contributed by atoms with van der Waals surface area (Å²) in [7, 11) is 0. The zero-order valence-electron chi connectivity index (χ0n) is 28.5. The van der Waals surface area contributed by atoms with Crippen molar-refractivity contribution in [3.8, 4) is 0 Å². The minimum Gasteiger partial charge on any atom is -0.462 e. The van der Waals surface area contributed by atoms with Crippen molar-refractivity contribution in [1.82, 2.24) is 0 Å². The van der Waals surface area contributed by atoms with Gasteiger partial charge in [0.2, 0.25) is 0 Å². The quantitative estimate of drug-likeness (QED) is 0.0714. The Kier molecular flexibility index (Phi) is 18.5. The zero-order chi connectivity index (χ0) is 32.4. The molecule has 3 rings (SSSR count). The maximum absolute atomic E-state index is 11.9. The summed E-state index contributed by atoms with van der Waals surface area (Å²) in [5, 5.41) is 32.1. The van der Waals surface area contributed by atoms with Crippen molar-refractivity contribution < 1.29 is 39.1 Å². The van der Waals surface area contributed by atoms with Gasteiger partial charge in [-0.1, -0.05) is 84.0 Å². The predicted octanol–water partition coefficient (Wildman–Crippen LogP) is 7.12. The largest absolute Gasteiger partial charge is 0.462 e. The van der Waals surface area contributed by atoms with Crippen LogP contribution in [-0.2, 0) is 23.8 Å². The highest BCUT2D eigenvalue weighted by Gasteiger charge is 2.36. The number of carbonyl (C=O) groups is 2. The van der Waals surface area contributed by atoms with Gasteiger partial charge >= 0.3 is 5.97 Å². The Bertz CT molecular complexity index is 820. The molecule has 0 unspecified atom stereocenters. The third kappa shape index (κ3) is 14.7. The van der Waals surface area contributed by atoms with E-state index in [4.69, 9.17) is 14.2 Å². The standard InChI is InChI=1S/C37H66O8/c1-3-4-5-6-7-8-12-15-18-31(39)35-23-24-36(45-35)33(41)21-20-32(40)34-22-19-29(43-34)16-13-10-9-11-14-17-30-26-28(25-27(2)38)37(42)44-30/h28-36,39-41H,3-26H2,1-2H3/t28-,29+,30-,31+,32+,33-,34+,35-,36-/m1/s1. The van der Waals surface area contributed by atoms with Gasteiger partial charge in [-0.25, -0.2) is 0 Å². The van der Waals surface area contributed by atoms with Crippen LogP contribution in [0.4, 0.5) is 0 Å². The predicted molar refractivity (Wildman–Crippen MR) is 176 cm³/mol. The fourth-order valence-corrected chi connectivity index (χ4v) is 7.56. The van der Waals surface area contributed by atoms with Crippen LogP contribution >= 0.6 is 0 Å². The van der Waals surface area contributed by atoms with E-state index in [1.807, 2.05) is 0 Å². The van der Waals surface area contributed by atoms with Gasteiger partial charge in [0.15, 0.2) is 0 Å². The van der Waals surface area contributed by atoms with Crippen LogP contribution in [-0.4, -0.2) is 75.9 Å². The second kappa shape index (κ2) is 21.7. The van der Waals surface area contributed by atoms with Gasteiger partial charge in [0.05, 0.1) is 48.6 Å². The molecule has 262 valence electrons. The van der Waals surface area contributed by atoms with E-state index in [1.165, 1.54) is 45.4 Å². The van der Waals surface area contributed by atoms with Gasteiger partial charge in [0.25, 0.3) is 0 Å². The average Bonchev–Trinajstić information content (AvgIpc) is 3.77. The van der Waals surface area contributed by atoms with Crippen LogP contribution < -0.4 is 0 Å². The Morgan fingerprint density at radius 3 is 1.76 bits per heavy atom. The molecule has 8 nitrogen and oxygen atoms in total. The molecule has 9 atom stereocenters. The topological polar surface area (TPSA) is 123 Å².